The highest BCUT2D eigenvalue weighted by molar-refractivity contribution is 5.93. The summed E-state index contributed by atoms with van der Waals surface area (Å²) in [6, 6.07) is 25.3. The van der Waals surface area contributed by atoms with E-state index in [-0.39, 0.29) is 24.0 Å². The zero-order chi connectivity index (χ0) is 28.0. The lowest BCUT2D eigenvalue weighted by Gasteiger charge is -2.09. The SMILES string of the molecule is Nc1nonc1-c1nc2ccccc2n1CC(=O)Nc1cccc(-c2noc(CCCCCc3ccccc3)n2)c1. The molecule has 206 valence electrons. The minimum Gasteiger partial charge on any atom is -0.379 e. The van der Waals surface area contributed by atoms with Crippen LogP contribution in [0, 0.1) is 0 Å². The molecule has 0 atom stereocenters. The van der Waals surface area contributed by atoms with Gasteiger partial charge in [0, 0.05) is 17.7 Å². The molecule has 0 saturated heterocycles. The van der Waals surface area contributed by atoms with Crippen molar-refractivity contribution >= 4 is 28.4 Å². The van der Waals surface area contributed by atoms with Crippen molar-refractivity contribution in [3.63, 3.8) is 0 Å². The van der Waals surface area contributed by atoms with E-state index in [0.29, 0.717) is 28.7 Å². The molecule has 0 radical (unpaired) electrons. The average molecular weight is 549 g/mol. The van der Waals surface area contributed by atoms with Crippen LogP contribution in [-0.2, 0) is 24.2 Å². The van der Waals surface area contributed by atoms with Crippen molar-refractivity contribution in [1.82, 2.24) is 30.0 Å². The molecule has 3 aromatic carbocycles. The second kappa shape index (κ2) is 11.8. The summed E-state index contributed by atoms with van der Waals surface area (Å²) in [5, 5.41) is 14.6. The number of rotatable bonds is 11. The predicted molar refractivity (Wildman–Crippen MR) is 154 cm³/mol. The Labute approximate surface area is 235 Å². The van der Waals surface area contributed by atoms with Crippen molar-refractivity contribution in [2.75, 3.05) is 11.1 Å². The number of nitrogen functional groups attached to an aromatic ring is 1. The Hall–Kier alpha value is -5.32. The number of amides is 1. The average Bonchev–Trinajstić information content (AvgIpc) is 3.73. The molecule has 11 nitrogen and oxygen atoms in total. The Morgan fingerprint density at radius 1 is 0.854 bits per heavy atom. The van der Waals surface area contributed by atoms with Crippen LogP contribution in [0.3, 0.4) is 0 Å². The number of nitrogens with zero attached hydrogens (tertiary/aromatic N) is 6. The lowest BCUT2D eigenvalue weighted by atomic mass is 10.1. The number of hydrogen-bond donors (Lipinski definition) is 2. The second-order valence-corrected chi connectivity index (χ2v) is 9.70. The predicted octanol–water partition coefficient (Wildman–Crippen LogP) is 5.31. The van der Waals surface area contributed by atoms with E-state index in [1.54, 1.807) is 4.57 Å². The molecular weight excluding hydrogens is 520 g/mol. The first-order valence-corrected chi connectivity index (χ1v) is 13.4. The highest BCUT2D eigenvalue weighted by atomic mass is 16.6. The van der Waals surface area contributed by atoms with Gasteiger partial charge >= 0.3 is 0 Å². The van der Waals surface area contributed by atoms with Crippen LogP contribution in [0.25, 0.3) is 33.9 Å². The molecule has 0 aliphatic carbocycles. The fraction of sp³-hybridized carbons (Fsp3) is 0.200. The van der Waals surface area contributed by atoms with Gasteiger partial charge in [-0.3, -0.25) is 4.79 Å². The van der Waals surface area contributed by atoms with Gasteiger partial charge in [0.05, 0.1) is 11.0 Å². The Morgan fingerprint density at radius 2 is 1.68 bits per heavy atom. The summed E-state index contributed by atoms with van der Waals surface area (Å²) in [6.45, 7) is -0.0248. The maximum atomic E-state index is 13.1. The maximum absolute atomic E-state index is 13.1. The fourth-order valence-electron chi connectivity index (χ4n) is 4.75. The number of hydrogen-bond acceptors (Lipinski definition) is 9. The number of anilines is 2. The summed E-state index contributed by atoms with van der Waals surface area (Å²) in [7, 11) is 0. The van der Waals surface area contributed by atoms with Gasteiger partial charge in [0.2, 0.25) is 17.6 Å². The van der Waals surface area contributed by atoms with Gasteiger partial charge in [-0.25, -0.2) is 9.61 Å². The van der Waals surface area contributed by atoms with Gasteiger partial charge in [-0.1, -0.05) is 66.2 Å². The van der Waals surface area contributed by atoms with Crippen molar-refractivity contribution < 1.29 is 13.9 Å². The van der Waals surface area contributed by atoms with Crippen LogP contribution in [0.15, 0.2) is 88.0 Å². The van der Waals surface area contributed by atoms with Crippen molar-refractivity contribution in [1.29, 1.82) is 0 Å². The number of imidazole rings is 1. The van der Waals surface area contributed by atoms with Gasteiger partial charge in [-0.05, 0) is 59.4 Å². The number of unbranched alkanes of at least 4 members (excludes halogenated alkanes) is 2. The molecule has 0 spiro atoms. The first kappa shape index (κ1) is 25.9. The summed E-state index contributed by atoms with van der Waals surface area (Å²) in [4.78, 5) is 22.3. The van der Waals surface area contributed by atoms with Crippen LogP contribution in [0.1, 0.15) is 30.7 Å². The van der Waals surface area contributed by atoms with Gasteiger partial charge in [0.1, 0.15) is 6.54 Å². The van der Waals surface area contributed by atoms with E-state index >= 15 is 0 Å². The third-order valence-corrected chi connectivity index (χ3v) is 6.75. The summed E-state index contributed by atoms with van der Waals surface area (Å²) in [6.07, 6.45) is 4.97. The van der Waals surface area contributed by atoms with E-state index in [2.05, 4.69) is 55.0 Å². The molecule has 3 heterocycles. The molecule has 1 amide bonds. The monoisotopic (exact) mass is 548 g/mol. The number of carbonyl (C=O) groups is 1. The zero-order valence-electron chi connectivity index (χ0n) is 22.2. The van der Waals surface area contributed by atoms with E-state index in [4.69, 9.17) is 14.9 Å². The zero-order valence-corrected chi connectivity index (χ0v) is 22.2. The van der Waals surface area contributed by atoms with Gasteiger partial charge in [-0.15, -0.1) is 0 Å². The molecule has 0 aliphatic heterocycles. The highest BCUT2D eigenvalue weighted by Crippen LogP contribution is 2.27. The Bertz CT molecular complexity index is 1770. The van der Waals surface area contributed by atoms with Gasteiger partial charge in [-0.2, -0.15) is 4.98 Å². The number of nitrogens with two attached hydrogens (primary N) is 1. The van der Waals surface area contributed by atoms with Gasteiger partial charge in [0.25, 0.3) is 0 Å². The van der Waals surface area contributed by atoms with E-state index in [9.17, 15) is 4.79 Å². The number of fused-ring (bicyclic) bond motifs is 1. The molecule has 6 aromatic rings. The third-order valence-electron chi connectivity index (χ3n) is 6.75. The van der Waals surface area contributed by atoms with Crippen LogP contribution in [-0.4, -0.2) is 35.9 Å². The molecule has 0 unspecified atom stereocenters. The Balaban J connectivity index is 1.09. The minimum atomic E-state index is -0.258. The third kappa shape index (κ3) is 5.98. The molecule has 11 heteroatoms. The first-order chi connectivity index (χ1) is 20.1. The standard InChI is InChI=1S/C30H28N8O3/c31-28-27(35-41-36-28)30-33-23-15-7-8-16-24(23)38(30)19-25(39)32-22-14-9-13-21(18-22)29-34-26(40-37-29)17-6-2-5-12-20-10-3-1-4-11-20/h1,3-4,7-11,13-16,18H,2,5-6,12,17,19H2,(H2,31,36)(H,32,39). The van der Waals surface area contributed by atoms with Crippen LogP contribution < -0.4 is 11.1 Å². The molecule has 3 aromatic heterocycles. The second-order valence-electron chi connectivity index (χ2n) is 9.70. The molecular formula is C30H28N8O3. The summed E-state index contributed by atoms with van der Waals surface area (Å²) in [5.41, 5.74) is 10.4. The minimum absolute atomic E-state index is 0.0248. The van der Waals surface area contributed by atoms with Crippen molar-refractivity contribution in [2.45, 2.75) is 38.6 Å². The van der Waals surface area contributed by atoms with E-state index < -0.39 is 0 Å². The van der Waals surface area contributed by atoms with Crippen molar-refractivity contribution in [2.24, 2.45) is 0 Å². The number of carbonyl (C=O) groups excluding carboxylic acids is 1. The van der Waals surface area contributed by atoms with Crippen LogP contribution >= 0.6 is 0 Å². The molecule has 0 aliphatic rings. The summed E-state index contributed by atoms with van der Waals surface area (Å²) < 4.78 is 12.0. The molecule has 0 saturated carbocycles. The van der Waals surface area contributed by atoms with Crippen LogP contribution in [0.4, 0.5) is 11.5 Å². The van der Waals surface area contributed by atoms with Crippen molar-refractivity contribution in [3.05, 3.63) is 90.3 Å². The molecule has 3 N–H and O–H groups in total. The maximum Gasteiger partial charge on any atom is 0.244 e. The molecule has 0 bridgehead atoms. The lowest BCUT2D eigenvalue weighted by molar-refractivity contribution is -0.116. The molecule has 0 fully saturated rings. The largest absolute Gasteiger partial charge is 0.379 e. The lowest BCUT2D eigenvalue weighted by Crippen LogP contribution is -2.19. The van der Waals surface area contributed by atoms with E-state index in [0.717, 1.165) is 43.2 Å². The first-order valence-electron chi connectivity index (χ1n) is 13.4. The number of aromatic nitrogens is 6. The normalized spacial score (nSPS) is 11.2. The number of benzene rings is 3. The van der Waals surface area contributed by atoms with Gasteiger partial charge < -0.3 is 20.1 Å². The topological polar surface area (TPSA) is 151 Å². The summed E-state index contributed by atoms with van der Waals surface area (Å²) >= 11 is 0. The van der Waals surface area contributed by atoms with Gasteiger partial charge in [0.15, 0.2) is 17.3 Å². The molecule has 41 heavy (non-hydrogen) atoms. The Morgan fingerprint density at radius 3 is 2.54 bits per heavy atom. The van der Waals surface area contributed by atoms with Crippen molar-refractivity contribution in [3.8, 4) is 22.9 Å². The highest BCUT2D eigenvalue weighted by Gasteiger charge is 2.21. The molecule has 6 rings (SSSR count). The Kier molecular flexibility index (Phi) is 7.48. The number of para-hydroxylation sites is 2. The quantitative estimate of drug-likeness (QED) is 0.205. The van der Waals surface area contributed by atoms with Crippen LogP contribution in [0.5, 0.6) is 0 Å². The number of aryl methyl sites for hydroxylation is 2. The van der Waals surface area contributed by atoms with E-state index in [1.807, 2.05) is 54.6 Å². The fourth-order valence-corrected chi connectivity index (χ4v) is 4.75. The van der Waals surface area contributed by atoms with E-state index in [1.165, 1.54) is 5.56 Å². The summed E-state index contributed by atoms with van der Waals surface area (Å²) in [5.74, 6) is 1.33. The smallest absolute Gasteiger partial charge is 0.244 e. The van der Waals surface area contributed by atoms with Crippen LogP contribution in [0.2, 0.25) is 0 Å². The number of nitrogens with one attached hydrogen (secondary N) is 1.